The van der Waals surface area contributed by atoms with E-state index in [2.05, 4.69) is 55.3 Å². The number of amides is 1. The Morgan fingerprint density at radius 1 is 1.04 bits per heavy atom. The van der Waals surface area contributed by atoms with E-state index in [0.717, 1.165) is 32.5 Å². The van der Waals surface area contributed by atoms with Crippen molar-refractivity contribution in [1.82, 2.24) is 10.2 Å². The Bertz CT molecular complexity index is 491. The van der Waals surface area contributed by atoms with E-state index in [4.69, 9.17) is 0 Å². The summed E-state index contributed by atoms with van der Waals surface area (Å²) in [5.74, 6) is 0.361. The van der Waals surface area contributed by atoms with Gasteiger partial charge in [0.2, 0.25) is 5.91 Å². The molecule has 1 amide bonds. The number of hydrogen-bond donors (Lipinski definition) is 1. The van der Waals surface area contributed by atoms with Crippen LogP contribution in [0.1, 0.15) is 69.5 Å². The smallest absolute Gasteiger partial charge is 0.223 e. The van der Waals surface area contributed by atoms with Crippen LogP contribution < -0.4 is 5.32 Å². The highest BCUT2D eigenvalue weighted by atomic mass is 35.5. The number of benzene rings is 1. The lowest BCUT2D eigenvalue weighted by molar-refractivity contribution is -0.125. The average molecular weight is 367 g/mol. The second kappa shape index (κ2) is 11.5. The average Bonchev–Trinajstić information content (AvgIpc) is 2.87. The van der Waals surface area contributed by atoms with Gasteiger partial charge in [0.25, 0.3) is 0 Å². The maximum absolute atomic E-state index is 12.4. The van der Waals surface area contributed by atoms with Gasteiger partial charge < -0.3 is 5.32 Å². The minimum Gasteiger partial charge on any atom is -0.354 e. The van der Waals surface area contributed by atoms with Crippen molar-refractivity contribution in [3.63, 3.8) is 0 Å². The van der Waals surface area contributed by atoms with Gasteiger partial charge in [-0.1, -0.05) is 56.5 Å². The third-order valence-corrected chi connectivity index (χ3v) is 5.37. The molecule has 0 aromatic heterocycles. The van der Waals surface area contributed by atoms with E-state index >= 15 is 0 Å². The van der Waals surface area contributed by atoms with Crippen molar-refractivity contribution in [3.05, 3.63) is 35.4 Å². The second-order valence-electron chi connectivity index (χ2n) is 7.14. The largest absolute Gasteiger partial charge is 0.354 e. The van der Waals surface area contributed by atoms with Crippen LogP contribution in [0.25, 0.3) is 0 Å². The summed E-state index contributed by atoms with van der Waals surface area (Å²) in [4.78, 5) is 15.0. The van der Waals surface area contributed by atoms with Crippen molar-refractivity contribution in [3.8, 4) is 0 Å². The molecule has 0 bridgehead atoms. The molecule has 25 heavy (non-hydrogen) atoms. The standard InChI is InChI=1S/C21H34N2O.ClH/c1-4-18(5-2)21(24)22-16-20(19-12-10-17(3)11-13-19)23-14-8-6-7-9-15-23;/h10-13,18,20H,4-9,14-16H2,1-3H3,(H,22,24);1H. The Labute approximate surface area is 160 Å². The van der Waals surface area contributed by atoms with E-state index in [9.17, 15) is 4.79 Å². The number of nitrogens with zero attached hydrogens (tertiary/aromatic N) is 1. The maximum Gasteiger partial charge on any atom is 0.223 e. The van der Waals surface area contributed by atoms with E-state index in [1.165, 1.54) is 36.8 Å². The van der Waals surface area contributed by atoms with Crippen LogP contribution in [0.15, 0.2) is 24.3 Å². The lowest BCUT2D eigenvalue weighted by Gasteiger charge is -2.31. The van der Waals surface area contributed by atoms with Gasteiger partial charge in [-0.05, 0) is 51.3 Å². The van der Waals surface area contributed by atoms with Gasteiger partial charge in [-0.3, -0.25) is 9.69 Å². The van der Waals surface area contributed by atoms with Crippen LogP contribution in [0.5, 0.6) is 0 Å². The fourth-order valence-electron chi connectivity index (χ4n) is 3.65. The summed E-state index contributed by atoms with van der Waals surface area (Å²) < 4.78 is 0. The number of likely N-dealkylation sites (tertiary alicyclic amines) is 1. The topological polar surface area (TPSA) is 32.3 Å². The summed E-state index contributed by atoms with van der Waals surface area (Å²) >= 11 is 0. The van der Waals surface area contributed by atoms with Crippen LogP contribution in [0, 0.1) is 12.8 Å². The quantitative estimate of drug-likeness (QED) is 0.745. The molecule has 1 aliphatic rings. The number of aryl methyl sites for hydroxylation is 1. The van der Waals surface area contributed by atoms with Gasteiger partial charge in [-0.2, -0.15) is 0 Å². The molecule has 1 aromatic carbocycles. The first-order valence-electron chi connectivity index (χ1n) is 9.74. The first-order chi connectivity index (χ1) is 11.7. The summed E-state index contributed by atoms with van der Waals surface area (Å²) in [6.45, 7) is 9.32. The third kappa shape index (κ3) is 6.63. The van der Waals surface area contributed by atoms with E-state index in [1.807, 2.05) is 0 Å². The molecule has 4 heteroatoms. The molecule has 0 radical (unpaired) electrons. The summed E-state index contributed by atoms with van der Waals surface area (Å²) in [6, 6.07) is 9.12. The van der Waals surface area contributed by atoms with Crippen molar-refractivity contribution >= 4 is 18.3 Å². The van der Waals surface area contributed by atoms with E-state index in [-0.39, 0.29) is 24.2 Å². The monoisotopic (exact) mass is 366 g/mol. The molecule has 0 saturated carbocycles. The summed E-state index contributed by atoms with van der Waals surface area (Å²) in [7, 11) is 0. The molecule has 0 spiro atoms. The first-order valence-corrected chi connectivity index (χ1v) is 9.74. The van der Waals surface area contributed by atoms with Crippen LogP contribution in [-0.4, -0.2) is 30.4 Å². The third-order valence-electron chi connectivity index (χ3n) is 5.37. The maximum atomic E-state index is 12.4. The first kappa shape index (κ1) is 22.0. The fourth-order valence-corrected chi connectivity index (χ4v) is 3.65. The van der Waals surface area contributed by atoms with E-state index in [0.29, 0.717) is 6.04 Å². The van der Waals surface area contributed by atoms with Crippen LogP contribution in [0.2, 0.25) is 0 Å². The van der Waals surface area contributed by atoms with Gasteiger partial charge in [-0.25, -0.2) is 0 Å². The summed E-state index contributed by atoms with van der Waals surface area (Å²) in [6.07, 6.45) is 7.03. The second-order valence-corrected chi connectivity index (χ2v) is 7.14. The molecule has 142 valence electrons. The molecule has 1 atom stereocenters. The molecule has 1 aliphatic heterocycles. The molecule has 2 rings (SSSR count). The molecule has 1 unspecified atom stereocenters. The van der Waals surface area contributed by atoms with Crippen molar-refractivity contribution < 1.29 is 4.79 Å². The predicted octanol–water partition coefficient (Wildman–Crippen LogP) is 4.89. The lowest BCUT2D eigenvalue weighted by Crippen LogP contribution is -2.40. The zero-order chi connectivity index (χ0) is 17.4. The molecule has 1 heterocycles. The minimum atomic E-state index is 0. The molecule has 0 aliphatic carbocycles. The molecule has 1 fully saturated rings. The number of carbonyl (C=O) groups excluding carboxylic acids is 1. The van der Waals surface area contributed by atoms with Gasteiger partial charge in [-0.15, -0.1) is 12.4 Å². The van der Waals surface area contributed by atoms with Gasteiger partial charge in [0.1, 0.15) is 0 Å². The zero-order valence-corrected chi connectivity index (χ0v) is 16.9. The normalized spacial score (nSPS) is 16.8. The van der Waals surface area contributed by atoms with Crippen molar-refractivity contribution in [1.29, 1.82) is 0 Å². The molecule has 1 N–H and O–H groups in total. The Balaban J connectivity index is 0.00000312. The molecular weight excluding hydrogens is 332 g/mol. The predicted molar refractivity (Wildman–Crippen MR) is 108 cm³/mol. The van der Waals surface area contributed by atoms with Crippen molar-refractivity contribution in [2.45, 2.75) is 65.3 Å². The van der Waals surface area contributed by atoms with Gasteiger partial charge >= 0.3 is 0 Å². The summed E-state index contributed by atoms with van der Waals surface area (Å²) in [5, 5.41) is 3.23. The van der Waals surface area contributed by atoms with Gasteiger partial charge in [0, 0.05) is 12.5 Å². The highest BCUT2D eigenvalue weighted by molar-refractivity contribution is 5.85. The van der Waals surface area contributed by atoms with Gasteiger partial charge in [0.05, 0.1) is 6.04 Å². The molecule has 1 saturated heterocycles. The van der Waals surface area contributed by atoms with Crippen molar-refractivity contribution in [2.24, 2.45) is 5.92 Å². The molecule has 3 nitrogen and oxygen atoms in total. The zero-order valence-electron chi connectivity index (χ0n) is 16.1. The van der Waals surface area contributed by atoms with E-state index < -0.39 is 0 Å². The molecule has 1 aromatic rings. The number of nitrogens with one attached hydrogen (secondary N) is 1. The Morgan fingerprint density at radius 3 is 2.12 bits per heavy atom. The number of halogens is 1. The van der Waals surface area contributed by atoms with Crippen molar-refractivity contribution in [2.75, 3.05) is 19.6 Å². The van der Waals surface area contributed by atoms with E-state index in [1.54, 1.807) is 0 Å². The fraction of sp³-hybridized carbons (Fsp3) is 0.667. The SMILES string of the molecule is CCC(CC)C(=O)NCC(c1ccc(C)cc1)N1CCCCCC1.Cl. The van der Waals surface area contributed by atoms with Crippen LogP contribution >= 0.6 is 12.4 Å². The number of carbonyl (C=O) groups is 1. The highest BCUT2D eigenvalue weighted by Gasteiger charge is 2.23. The van der Waals surface area contributed by atoms with Crippen LogP contribution in [-0.2, 0) is 4.79 Å². The highest BCUT2D eigenvalue weighted by Crippen LogP contribution is 2.24. The number of rotatable bonds is 7. The Hall–Kier alpha value is -1.06. The van der Waals surface area contributed by atoms with Crippen LogP contribution in [0.4, 0.5) is 0 Å². The summed E-state index contributed by atoms with van der Waals surface area (Å²) in [5.41, 5.74) is 2.61. The Kier molecular flexibility index (Phi) is 10.1. The number of hydrogen-bond acceptors (Lipinski definition) is 2. The van der Waals surface area contributed by atoms with Crippen LogP contribution in [0.3, 0.4) is 0 Å². The Morgan fingerprint density at radius 2 is 1.60 bits per heavy atom. The molecular formula is C21H35ClN2O. The minimum absolute atomic E-state index is 0. The lowest BCUT2D eigenvalue weighted by atomic mass is 10.0. The van der Waals surface area contributed by atoms with Gasteiger partial charge in [0.15, 0.2) is 0 Å².